The van der Waals surface area contributed by atoms with E-state index < -0.39 is 23.9 Å². The molecule has 0 aromatic heterocycles. The Kier molecular flexibility index (Phi) is 5.67. The number of carbonyl (C=O) groups excluding carboxylic acids is 2. The summed E-state index contributed by atoms with van der Waals surface area (Å²) in [5.74, 6) is -3.48. The van der Waals surface area contributed by atoms with Gasteiger partial charge < -0.3 is 14.9 Å². The lowest BCUT2D eigenvalue weighted by Gasteiger charge is -2.44. The van der Waals surface area contributed by atoms with Crippen molar-refractivity contribution in [3.63, 3.8) is 0 Å². The van der Waals surface area contributed by atoms with E-state index in [-0.39, 0.29) is 38.3 Å². The van der Waals surface area contributed by atoms with E-state index in [1.165, 1.54) is 4.90 Å². The van der Waals surface area contributed by atoms with Crippen LogP contribution in [0.5, 0.6) is 0 Å². The molecule has 1 saturated heterocycles. The summed E-state index contributed by atoms with van der Waals surface area (Å²) in [5, 5.41) is 18.1. The number of esters is 2. The highest BCUT2D eigenvalue weighted by molar-refractivity contribution is 5.90. The summed E-state index contributed by atoms with van der Waals surface area (Å²) in [4.78, 5) is 48.1. The molecule has 0 unspecified atom stereocenters. The summed E-state index contributed by atoms with van der Waals surface area (Å²) in [7, 11) is 0. The molecule has 2 rings (SSSR count). The van der Waals surface area contributed by atoms with Crippen LogP contribution >= 0.6 is 0 Å². The molecule has 0 aromatic carbocycles. The van der Waals surface area contributed by atoms with Crippen molar-refractivity contribution < 1.29 is 34.1 Å². The topological polar surface area (TPSA) is 124 Å². The molecule has 2 N–H and O–H groups in total. The van der Waals surface area contributed by atoms with Crippen LogP contribution in [-0.4, -0.2) is 82.2 Å². The van der Waals surface area contributed by atoms with E-state index in [1.54, 1.807) is 4.90 Å². The molecule has 9 nitrogen and oxygen atoms in total. The Morgan fingerprint density at radius 3 is 2.09 bits per heavy atom. The number of ether oxygens (including phenoxy) is 1. The molecule has 2 aliphatic rings. The van der Waals surface area contributed by atoms with Crippen LogP contribution in [0.2, 0.25) is 0 Å². The maximum atomic E-state index is 11.5. The Balaban J connectivity index is 2.17. The zero-order valence-corrected chi connectivity index (χ0v) is 12.6. The molecule has 9 heteroatoms. The second kappa shape index (κ2) is 7.51. The van der Waals surface area contributed by atoms with Crippen LogP contribution in [0.1, 0.15) is 25.7 Å². The summed E-state index contributed by atoms with van der Waals surface area (Å²) in [6.45, 7) is -0.860. The van der Waals surface area contributed by atoms with Crippen LogP contribution in [0.3, 0.4) is 0 Å². The molecule has 1 aliphatic heterocycles. The van der Waals surface area contributed by atoms with Crippen LogP contribution in [0.25, 0.3) is 0 Å². The standard InChI is InChI=1S/C14H20N2O7/c17-11(18)5-15(6-12(19)20)9-3-1-2-4-10(9)16-7-13(21)23-14(22)8-16/h9-10H,1-8H2,(H,17,18)(H,19,20)/t9-,10-/m1/s1. The normalized spacial score (nSPS) is 26.1. The molecule has 1 heterocycles. The fourth-order valence-corrected chi connectivity index (χ4v) is 3.40. The number of cyclic esters (lactones) is 2. The van der Waals surface area contributed by atoms with Crippen molar-refractivity contribution in [2.75, 3.05) is 26.2 Å². The fourth-order valence-electron chi connectivity index (χ4n) is 3.40. The Morgan fingerprint density at radius 2 is 1.57 bits per heavy atom. The molecule has 0 amide bonds. The number of hydrogen-bond acceptors (Lipinski definition) is 7. The van der Waals surface area contributed by atoms with Gasteiger partial charge in [0.05, 0.1) is 26.2 Å². The zero-order chi connectivity index (χ0) is 17.0. The molecule has 0 aromatic rings. The first-order valence-corrected chi connectivity index (χ1v) is 7.52. The van der Waals surface area contributed by atoms with Gasteiger partial charge in [0.25, 0.3) is 0 Å². The first-order chi connectivity index (χ1) is 10.9. The van der Waals surface area contributed by atoms with Gasteiger partial charge in [0.1, 0.15) is 0 Å². The Bertz CT molecular complexity index is 475. The molecule has 1 saturated carbocycles. The van der Waals surface area contributed by atoms with Gasteiger partial charge in [-0.15, -0.1) is 0 Å². The van der Waals surface area contributed by atoms with Crippen molar-refractivity contribution in [1.29, 1.82) is 0 Å². The number of carboxylic acids is 2. The number of carboxylic acid groups (broad SMARTS) is 2. The SMILES string of the molecule is O=C(O)CN(CC(=O)O)[C@@H]1CCCC[C@H]1N1CC(=O)OC(=O)C1. The molecule has 2 atom stereocenters. The number of morpholine rings is 1. The highest BCUT2D eigenvalue weighted by atomic mass is 16.6. The van der Waals surface area contributed by atoms with E-state index in [0.717, 1.165) is 12.8 Å². The van der Waals surface area contributed by atoms with Crippen LogP contribution in [0.15, 0.2) is 0 Å². The summed E-state index contributed by atoms with van der Waals surface area (Å²) in [6.07, 6.45) is 3.05. The highest BCUT2D eigenvalue weighted by Crippen LogP contribution is 2.28. The molecule has 0 bridgehead atoms. The summed E-state index contributed by atoms with van der Waals surface area (Å²) in [6, 6.07) is -0.561. The molecule has 1 aliphatic carbocycles. The van der Waals surface area contributed by atoms with Crippen LogP contribution in [-0.2, 0) is 23.9 Å². The fraction of sp³-hybridized carbons (Fsp3) is 0.714. The summed E-state index contributed by atoms with van der Waals surface area (Å²) >= 11 is 0. The predicted octanol–water partition coefficient (Wildman–Crippen LogP) is -0.846. The van der Waals surface area contributed by atoms with Gasteiger partial charge in [-0.1, -0.05) is 12.8 Å². The van der Waals surface area contributed by atoms with Gasteiger partial charge in [0.2, 0.25) is 0 Å². The van der Waals surface area contributed by atoms with Crippen molar-refractivity contribution in [1.82, 2.24) is 9.80 Å². The molecular weight excluding hydrogens is 308 g/mol. The Hall–Kier alpha value is -2.00. The first-order valence-electron chi connectivity index (χ1n) is 7.52. The summed E-state index contributed by atoms with van der Waals surface area (Å²) < 4.78 is 4.51. The van der Waals surface area contributed by atoms with E-state index in [0.29, 0.717) is 12.8 Å². The molecule has 0 spiro atoms. The first kappa shape index (κ1) is 17.4. The van der Waals surface area contributed by atoms with E-state index in [4.69, 9.17) is 10.2 Å². The maximum Gasteiger partial charge on any atom is 0.327 e. The van der Waals surface area contributed by atoms with E-state index in [2.05, 4.69) is 4.74 Å². The monoisotopic (exact) mass is 328 g/mol. The van der Waals surface area contributed by atoms with Crippen LogP contribution in [0.4, 0.5) is 0 Å². The van der Waals surface area contributed by atoms with Crippen LogP contribution < -0.4 is 0 Å². The van der Waals surface area contributed by atoms with Crippen molar-refractivity contribution in [3.8, 4) is 0 Å². The molecule has 128 valence electrons. The minimum atomic E-state index is -1.11. The largest absolute Gasteiger partial charge is 0.480 e. The lowest BCUT2D eigenvalue weighted by Crippen LogP contribution is -2.59. The van der Waals surface area contributed by atoms with Crippen LogP contribution in [0, 0.1) is 0 Å². The zero-order valence-electron chi connectivity index (χ0n) is 12.6. The molecule has 2 fully saturated rings. The summed E-state index contributed by atoms with van der Waals surface area (Å²) in [5.41, 5.74) is 0. The van der Waals surface area contributed by atoms with E-state index in [1.807, 2.05) is 0 Å². The lowest BCUT2D eigenvalue weighted by molar-refractivity contribution is -0.170. The molecule has 0 radical (unpaired) electrons. The quantitative estimate of drug-likeness (QED) is 0.474. The third-order valence-electron chi connectivity index (χ3n) is 4.20. The van der Waals surface area contributed by atoms with E-state index in [9.17, 15) is 19.2 Å². The Labute approximate surface area is 132 Å². The minimum absolute atomic E-state index is 0.0408. The lowest BCUT2D eigenvalue weighted by atomic mass is 9.87. The highest BCUT2D eigenvalue weighted by Gasteiger charge is 2.39. The van der Waals surface area contributed by atoms with Gasteiger partial charge in [-0.05, 0) is 12.8 Å². The van der Waals surface area contributed by atoms with Gasteiger partial charge in [-0.3, -0.25) is 29.0 Å². The minimum Gasteiger partial charge on any atom is -0.480 e. The van der Waals surface area contributed by atoms with E-state index >= 15 is 0 Å². The van der Waals surface area contributed by atoms with Gasteiger partial charge in [-0.2, -0.15) is 0 Å². The average Bonchev–Trinajstić information content (AvgIpc) is 2.44. The van der Waals surface area contributed by atoms with Crippen molar-refractivity contribution in [3.05, 3.63) is 0 Å². The second-order valence-corrected chi connectivity index (χ2v) is 5.86. The third-order valence-corrected chi connectivity index (χ3v) is 4.20. The third kappa shape index (κ3) is 4.73. The number of aliphatic carboxylic acids is 2. The average molecular weight is 328 g/mol. The number of carbonyl (C=O) groups is 4. The predicted molar refractivity (Wildman–Crippen MR) is 75.6 cm³/mol. The number of hydrogen-bond donors (Lipinski definition) is 2. The number of nitrogens with zero attached hydrogens (tertiary/aromatic N) is 2. The van der Waals surface area contributed by atoms with Gasteiger partial charge in [-0.25, -0.2) is 0 Å². The van der Waals surface area contributed by atoms with Crippen molar-refractivity contribution >= 4 is 23.9 Å². The van der Waals surface area contributed by atoms with Crippen molar-refractivity contribution in [2.45, 2.75) is 37.8 Å². The molecule has 23 heavy (non-hydrogen) atoms. The van der Waals surface area contributed by atoms with Gasteiger partial charge in [0, 0.05) is 12.1 Å². The second-order valence-electron chi connectivity index (χ2n) is 5.86. The van der Waals surface area contributed by atoms with Gasteiger partial charge >= 0.3 is 23.9 Å². The number of rotatable bonds is 6. The van der Waals surface area contributed by atoms with Gasteiger partial charge in [0.15, 0.2) is 0 Å². The van der Waals surface area contributed by atoms with Crippen molar-refractivity contribution in [2.24, 2.45) is 0 Å². The molecular formula is C14H20N2O7. The smallest absolute Gasteiger partial charge is 0.327 e. The maximum absolute atomic E-state index is 11.5. The Morgan fingerprint density at radius 1 is 1.04 bits per heavy atom.